The summed E-state index contributed by atoms with van der Waals surface area (Å²) in [5.74, 6) is -4.67. The lowest BCUT2D eigenvalue weighted by molar-refractivity contribution is -0.140. The van der Waals surface area contributed by atoms with Crippen molar-refractivity contribution in [1.29, 1.82) is 0 Å². The molecular weight excluding hydrogens is 744 g/mol. The summed E-state index contributed by atoms with van der Waals surface area (Å²) >= 11 is 1.08. The maximum Gasteiger partial charge on any atom is 0.407 e. The number of amides is 5. The number of alkyl carbamates (subject to hydrolysis) is 1. The van der Waals surface area contributed by atoms with Gasteiger partial charge in [-0.2, -0.15) is 0 Å². The number of imide groups is 1. The molecule has 0 aromatic rings. The summed E-state index contributed by atoms with van der Waals surface area (Å²) < 4.78 is 5.17. The van der Waals surface area contributed by atoms with Crippen molar-refractivity contribution < 1.29 is 58.4 Å². The molecule has 312 valence electrons. The van der Waals surface area contributed by atoms with Gasteiger partial charge in [-0.05, 0) is 40.0 Å². The zero-order chi connectivity index (χ0) is 41.0. The van der Waals surface area contributed by atoms with E-state index in [9.17, 15) is 53.7 Å². The van der Waals surface area contributed by atoms with Crippen LogP contribution in [-0.2, 0) is 38.3 Å². The molecule has 1 atom stereocenters. The maximum absolute atomic E-state index is 13.0. The molecule has 1 unspecified atom stereocenters. The van der Waals surface area contributed by atoms with E-state index >= 15 is 0 Å². The molecule has 21 heteroatoms. The number of nitrogens with one attached hydrogen (secondary N) is 3. The fourth-order valence-electron chi connectivity index (χ4n) is 5.76. The van der Waals surface area contributed by atoms with Gasteiger partial charge in [0.15, 0.2) is 0 Å². The quantitative estimate of drug-likeness (QED) is 0.0589. The van der Waals surface area contributed by atoms with Crippen molar-refractivity contribution in [3.05, 3.63) is 0 Å². The number of carbonyl (C=O) groups excluding carboxylic acids is 5. The van der Waals surface area contributed by atoms with Gasteiger partial charge in [0.1, 0.15) is 5.60 Å². The Morgan fingerprint density at radius 1 is 0.655 bits per heavy atom. The molecule has 2 heterocycles. The van der Waals surface area contributed by atoms with Gasteiger partial charge >= 0.3 is 24.0 Å². The van der Waals surface area contributed by atoms with Gasteiger partial charge in [0.25, 0.3) is 0 Å². The molecule has 2 aliphatic heterocycles. The number of carbonyl (C=O) groups is 8. The third-order valence-electron chi connectivity index (χ3n) is 8.49. The second-order valence-corrected chi connectivity index (χ2v) is 15.6. The monoisotopic (exact) mass is 802 g/mol. The summed E-state index contributed by atoms with van der Waals surface area (Å²) in [5, 5.41) is 35.6. The molecule has 5 amide bonds. The Bertz CT molecular complexity index is 1300. The van der Waals surface area contributed by atoms with E-state index in [4.69, 9.17) is 4.74 Å². The summed E-state index contributed by atoms with van der Waals surface area (Å²) in [5.41, 5.74) is -0.567. The minimum absolute atomic E-state index is 0.00132. The van der Waals surface area contributed by atoms with Crippen LogP contribution in [0.15, 0.2) is 0 Å². The first-order chi connectivity index (χ1) is 25.9. The topological polar surface area (TPSA) is 259 Å². The number of thioether (sulfide) groups is 1. The van der Waals surface area contributed by atoms with E-state index in [1.54, 1.807) is 40.4 Å². The fourth-order valence-corrected chi connectivity index (χ4v) is 6.74. The maximum atomic E-state index is 13.0. The van der Waals surface area contributed by atoms with Gasteiger partial charge in [0, 0.05) is 85.0 Å². The highest BCUT2D eigenvalue weighted by Crippen LogP contribution is 2.24. The van der Waals surface area contributed by atoms with E-state index in [-0.39, 0.29) is 110 Å². The molecule has 20 nitrogen and oxygen atoms in total. The van der Waals surface area contributed by atoms with Crippen molar-refractivity contribution in [3.63, 3.8) is 0 Å². The molecule has 0 radical (unpaired) electrons. The number of rotatable bonds is 20. The van der Waals surface area contributed by atoms with Crippen molar-refractivity contribution in [2.75, 3.05) is 110 Å². The predicted molar refractivity (Wildman–Crippen MR) is 200 cm³/mol. The predicted octanol–water partition coefficient (Wildman–Crippen LogP) is -1.75. The summed E-state index contributed by atoms with van der Waals surface area (Å²) in [6, 6.07) is 0. The van der Waals surface area contributed by atoms with E-state index in [1.165, 1.54) is 0 Å². The van der Waals surface area contributed by atoms with Crippen LogP contribution in [0.1, 0.15) is 46.5 Å². The normalized spacial score (nSPS) is 18.6. The van der Waals surface area contributed by atoms with Crippen LogP contribution in [-0.4, -0.2) is 209 Å². The standard InChI is InChI=1S/C34H58N8O12S/c1-34(2,3)54-33(53)37-8-6-4-5-7-35-27(44)24-55-25-19-28(45)42(32(25)52)10-9-36-26(43)20-38-11-13-39(21-29(46)47)15-17-41(23-31(50)51)18-16-40(14-12-38)22-30(48)49/h25H,4-24H2,1-3H3,(H,35,44)(H,36,43)(H,37,53)(H,46,47)(H,48,49)(H,50,51). The van der Waals surface area contributed by atoms with Crippen LogP contribution in [0.4, 0.5) is 4.79 Å². The Hall–Kier alpha value is -4.05. The smallest absolute Gasteiger partial charge is 0.407 e. The Morgan fingerprint density at radius 3 is 1.55 bits per heavy atom. The van der Waals surface area contributed by atoms with E-state index in [0.717, 1.165) is 29.5 Å². The number of aliphatic carboxylic acids is 3. The van der Waals surface area contributed by atoms with Gasteiger partial charge in [-0.25, -0.2) is 4.79 Å². The SMILES string of the molecule is CC(C)(C)OC(=O)NCCCCCNC(=O)CSC1CC(=O)N(CCNC(=O)CN2CCN(CC(=O)O)CCN(CC(=O)O)CCN(CC(=O)O)CC2)C1=O. The molecule has 0 spiro atoms. The van der Waals surface area contributed by atoms with Gasteiger partial charge in [0.2, 0.25) is 23.6 Å². The lowest BCUT2D eigenvalue weighted by atomic mass is 10.2. The molecule has 2 aliphatic rings. The Kier molecular flexibility index (Phi) is 20.9. The third-order valence-corrected chi connectivity index (χ3v) is 9.69. The van der Waals surface area contributed by atoms with Crippen LogP contribution in [0.2, 0.25) is 0 Å². The average Bonchev–Trinajstić information content (AvgIpc) is 3.34. The van der Waals surface area contributed by atoms with E-state index in [1.807, 2.05) is 0 Å². The summed E-state index contributed by atoms with van der Waals surface area (Å²) in [6.07, 6.45) is 1.66. The van der Waals surface area contributed by atoms with Crippen molar-refractivity contribution in [2.24, 2.45) is 0 Å². The molecule has 2 rings (SSSR count). The minimum Gasteiger partial charge on any atom is -0.480 e. The van der Waals surface area contributed by atoms with Crippen molar-refractivity contribution in [3.8, 4) is 0 Å². The number of hydrogen-bond donors (Lipinski definition) is 6. The number of ether oxygens (including phenoxy) is 1. The van der Waals surface area contributed by atoms with Crippen molar-refractivity contribution in [1.82, 2.24) is 40.4 Å². The average molecular weight is 803 g/mol. The Balaban J connectivity index is 1.79. The van der Waals surface area contributed by atoms with Gasteiger partial charge in [-0.3, -0.25) is 58.1 Å². The van der Waals surface area contributed by atoms with Crippen LogP contribution in [0.25, 0.3) is 0 Å². The van der Waals surface area contributed by atoms with E-state index in [0.29, 0.717) is 19.5 Å². The molecule has 6 N–H and O–H groups in total. The van der Waals surface area contributed by atoms with Gasteiger partial charge in [0.05, 0.1) is 37.2 Å². The summed E-state index contributed by atoms with van der Waals surface area (Å²) in [4.78, 5) is 105. The molecule has 0 bridgehead atoms. The van der Waals surface area contributed by atoms with Crippen LogP contribution < -0.4 is 16.0 Å². The summed E-state index contributed by atoms with van der Waals surface area (Å²) in [6.45, 7) is 7.26. The highest BCUT2D eigenvalue weighted by molar-refractivity contribution is 8.01. The van der Waals surface area contributed by atoms with Crippen LogP contribution in [0.3, 0.4) is 0 Å². The van der Waals surface area contributed by atoms with Crippen LogP contribution in [0.5, 0.6) is 0 Å². The van der Waals surface area contributed by atoms with Crippen molar-refractivity contribution >= 4 is 59.4 Å². The largest absolute Gasteiger partial charge is 0.480 e. The second kappa shape index (κ2) is 24.5. The lowest BCUT2D eigenvalue weighted by Gasteiger charge is -2.32. The first-order valence-electron chi connectivity index (χ1n) is 18.4. The number of hydrogen-bond acceptors (Lipinski definition) is 14. The zero-order valence-electron chi connectivity index (χ0n) is 32.1. The number of nitrogens with zero attached hydrogens (tertiary/aromatic N) is 5. The first kappa shape index (κ1) is 47.1. The Morgan fingerprint density at radius 2 is 1.09 bits per heavy atom. The number of carboxylic acid groups (broad SMARTS) is 3. The van der Waals surface area contributed by atoms with Crippen LogP contribution >= 0.6 is 11.8 Å². The van der Waals surface area contributed by atoms with Crippen molar-refractivity contribution in [2.45, 2.75) is 57.3 Å². The molecule has 0 aromatic carbocycles. The van der Waals surface area contributed by atoms with Gasteiger partial charge in [-0.15, -0.1) is 11.8 Å². The number of unbranched alkanes of at least 4 members (excludes halogenated alkanes) is 2. The molecule has 2 saturated heterocycles. The van der Waals surface area contributed by atoms with Gasteiger partial charge < -0.3 is 36.0 Å². The third kappa shape index (κ3) is 21.0. The molecule has 55 heavy (non-hydrogen) atoms. The highest BCUT2D eigenvalue weighted by atomic mass is 32.2. The summed E-state index contributed by atoms with van der Waals surface area (Å²) in [7, 11) is 0. The number of likely N-dealkylation sites (tertiary alicyclic amines) is 1. The molecule has 0 aliphatic carbocycles. The molecular formula is C34H58N8O12S. The van der Waals surface area contributed by atoms with Gasteiger partial charge in [-0.1, -0.05) is 0 Å². The molecule has 0 aromatic heterocycles. The molecule has 0 saturated carbocycles. The Labute approximate surface area is 325 Å². The molecule has 2 fully saturated rings. The first-order valence-corrected chi connectivity index (χ1v) is 19.5. The number of carboxylic acids is 3. The van der Waals surface area contributed by atoms with E-state index in [2.05, 4.69) is 16.0 Å². The van der Waals surface area contributed by atoms with E-state index < -0.39 is 52.6 Å². The second-order valence-electron chi connectivity index (χ2n) is 14.4. The minimum atomic E-state index is -1.06. The van der Waals surface area contributed by atoms with Crippen LogP contribution in [0, 0.1) is 0 Å². The zero-order valence-corrected chi connectivity index (χ0v) is 32.9. The lowest BCUT2D eigenvalue weighted by Crippen LogP contribution is -2.50. The highest BCUT2D eigenvalue weighted by Gasteiger charge is 2.38. The fraction of sp³-hybridized carbons (Fsp3) is 0.765.